The summed E-state index contributed by atoms with van der Waals surface area (Å²) >= 11 is 6.33. The van der Waals surface area contributed by atoms with Crippen molar-refractivity contribution in [3.05, 3.63) is 64.7 Å². The maximum absolute atomic E-state index is 13.3. The van der Waals surface area contributed by atoms with Gasteiger partial charge in [-0.25, -0.2) is 8.42 Å². The zero-order valence-electron chi connectivity index (χ0n) is 21.1. The predicted molar refractivity (Wildman–Crippen MR) is 142 cm³/mol. The van der Waals surface area contributed by atoms with Crippen LogP contribution in [-0.2, 0) is 26.2 Å². The van der Waals surface area contributed by atoms with Crippen molar-refractivity contribution in [1.82, 2.24) is 10.2 Å². The van der Waals surface area contributed by atoms with Crippen LogP contribution in [0.15, 0.2) is 48.5 Å². The summed E-state index contributed by atoms with van der Waals surface area (Å²) in [5, 5.41) is 3.45. The fraction of sp³-hybridized carbons (Fsp3) is 0.462. The molecule has 2 aromatic rings. The summed E-state index contributed by atoms with van der Waals surface area (Å²) in [6, 6.07) is 13.7. The third kappa shape index (κ3) is 8.25. The lowest BCUT2D eigenvalue weighted by atomic mass is 10.1. The summed E-state index contributed by atoms with van der Waals surface area (Å²) in [5.74, 6) is -0.479. The van der Waals surface area contributed by atoms with Crippen molar-refractivity contribution in [2.24, 2.45) is 0 Å². The lowest BCUT2D eigenvalue weighted by Crippen LogP contribution is -2.49. The molecule has 0 bridgehead atoms. The molecule has 0 aliphatic carbocycles. The second kappa shape index (κ2) is 12.9. The minimum atomic E-state index is -3.53. The van der Waals surface area contributed by atoms with Crippen LogP contribution in [0.2, 0.25) is 5.02 Å². The quantitative estimate of drug-likeness (QED) is 0.444. The first kappa shape index (κ1) is 28.7. The monoisotopic (exact) mass is 521 g/mol. The van der Waals surface area contributed by atoms with Crippen molar-refractivity contribution < 1.29 is 18.0 Å². The molecule has 0 aromatic heterocycles. The highest BCUT2D eigenvalue weighted by Gasteiger charge is 2.27. The Kier molecular flexibility index (Phi) is 10.6. The summed E-state index contributed by atoms with van der Waals surface area (Å²) in [7, 11) is -3.53. The van der Waals surface area contributed by atoms with E-state index in [2.05, 4.69) is 5.32 Å². The molecule has 7 nitrogen and oxygen atoms in total. The van der Waals surface area contributed by atoms with E-state index < -0.39 is 16.1 Å². The van der Waals surface area contributed by atoms with Crippen molar-refractivity contribution in [3.63, 3.8) is 0 Å². The number of amides is 2. The molecule has 0 saturated carbocycles. The molecule has 0 spiro atoms. The highest BCUT2D eigenvalue weighted by molar-refractivity contribution is 7.92. The number of anilines is 1. The van der Waals surface area contributed by atoms with E-state index in [1.807, 2.05) is 51.1 Å². The van der Waals surface area contributed by atoms with E-state index >= 15 is 0 Å². The highest BCUT2D eigenvalue weighted by atomic mass is 35.5. The highest BCUT2D eigenvalue weighted by Crippen LogP contribution is 2.23. The number of hydrogen-bond donors (Lipinski definition) is 1. The molecule has 1 N–H and O–H groups in total. The molecule has 0 aliphatic heterocycles. The maximum Gasteiger partial charge on any atom is 0.242 e. The van der Waals surface area contributed by atoms with Crippen LogP contribution in [0.3, 0.4) is 0 Å². The Bertz CT molecular complexity index is 1120. The fourth-order valence-electron chi connectivity index (χ4n) is 3.68. The van der Waals surface area contributed by atoms with E-state index in [9.17, 15) is 18.0 Å². The van der Waals surface area contributed by atoms with Crippen LogP contribution in [-0.4, -0.2) is 50.0 Å². The molecule has 0 radical (unpaired) electrons. The Morgan fingerprint density at radius 1 is 1.06 bits per heavy atom. The number of para-hydroxylation sites is 1. The Labute approximate surface area is 214 Å². The van der Waals surface area contributed by atoms with Crippen LogP contribution in [0.5, 0.6) is 0 Å². The largest absolute Gasteiger partial charge is 0.352 e. The predicted octanol–water partition coefficient (Wildman–Crippen LogP) is 4.53. The number of rotatable bonds is 12. The average molecular weight is 522 g/mol. The Balaban J connectivity index is 2.20. The minimum Gasteiger partial charge on any atom is -0.352 e. The molecule has 0 unspecified atom stereocenters. The van der Waals surface area contributed by atoms with Crippen molar-refractivity contribution in [1.29, 1.82) is 0 Å². The van der Waals surface area contributed by atoms with E-state index in [0.29, 0.717) is 17.1 Å². The van der Waals surface area contributed by atoms with Gasteiger partial charge in [0.2, 0.25) is 21.8 Å². The van der Waals surface area contributed by atoms with Crippen molar-refractivity contribution in [2.45, 2.75) is 65.6 Å². The average Bonchev–Trinajstić information content (AvgIpc) is 2.80. The number of benzene rings is 2. The van der Waals surface area contributed by atoms with Gasteiger partial charge in [-0.2, -0.15) is 0 Å². The Morgan fingerprint density at radius 3 is 2.29 bits per heavy atom. The van der Waals surface area contributed by atoms with E-state index in [1.54, 1.807) is 25.1 Å². The summed E-state index contributed by atoms with van der Waals surface area (Å²) in [6.45, 7) is 7.77. The van der Waals surface area contributed by atoms with Gasteiger partial charge in [0.15, 0.2) is 0 Å². The first-order chi connectivity index (χ1) is 16.5. The van der Waals surface area contributed by atoms with Gasteiger partial charge in [0.1, 0.15) is 6.04 Å². The van der Waals surface area contributed by atoms with Crippen LogP contribution in [0.4, 0.5) is 5.69 Å². The molecule has 0 fully saturated rings. The van der Waals surface area contributed by atoms with Gasteiger partial charge >= 0.3 is 0 Å². The van der Waals surface area contributed by atoms with Crippen molar-refractivity contribution in [2.75, 3.05) is 17.1 Å². The van der Waals surface area contributed by atoms with E-state index in [1.165, 1.54) is 9.21 Å². The van der Waals surface area contributed by atoms with E-state index in [4.69, 9.17) is 11.6 Å². The number of halogens is 1. The zero-order valence-corrected chi connectivity index (χ0v) is 22.7. The number of aryl methyl sites for hydroxylation is 1. The number of carbonyl (C=O) groups is 2. The van der Waals surface area contributed by atoms with Crippen LogP contribution in [0.25, 0.3) is 0 Å². The van der Waals surface area contributed by atoms with Gasteiger partial charge in [0.25, 0.3) is 0 Å². The second-order valence-electron chi connectivity index (χ2n) is 8.83. The summed E-state index contributed by atoms with van der Waals surface area (Å²) in [6.07, 6.45) is 2.33. The first-order valence-corrected chi connectivity index (χ1v) is 14.0. The van der Waals surface area contributed by atoms with E-state index in [-0.39, 0.29) is 37.4 Å². The number of sulfonamides is 1. The van der Waals surface area contributed by atoms with Gasteiger partial charge < -0.3 is 10.2 Å². The van der Waals surface area contributed by atoms with Gasteiger partial charge in [-0.1, -0.05) is 54.9 Å². The minimum absolute atomic E-state index is 0.0142. The van der Waals surface area contributed by atoms with Gasteiger partial charge in [-0.3, -0.25) is 13.9 Å². The molecule has 2 amide bonds. The summed E-state index contributed by atoms with van der Waals surface area (Å²) in [4.78, 5) is 27.7. The summed E-state index contributed by atoms with van der Waals surface area (Å²) < 4.78 is 26.3. The smallest absolute Gasteiger partial charge is 0.242 e. The molecule has 9 heteroatoms. The molecular weight excluding hydrogens is 486 g/mol. The second-order valence-corrected chi connectivity index (χ2v) is 11.1. The van der Waals surface area contributed by atoms with Crippen LogP contribution >= 0.6 is 11.6 Å². The number of nitrogens with zero attached hydrogens (tertiary/aromatic N) is 2. The normalized spacial score (nSPS) is 13.1. The topological polar surface area (TPSA) is 86.8 Å². The lowest BCUT2D eigenvalue weighted by Gasteiger charge is -2.30. The standard InChI is InChI=1S/C26H36ClN3O4S/c1-6-20(3)28-26(32)21(4)29(18-22-13-8-9-14-23(22)27)25(31)16-11-17-30(35(5,33)34)24-15-10-7-12-19(24)2/h7-10,12-15,20-21H,6,11,16-18H2,1-5H3,(H,28,32)/t20-,21-/m0/s1. The lowest BCUT2D eigenvalue weighted by molar-refractivity contribution is -0.140. The van der Waals surface area contributed by atoms with Crippen molar-refractivity contribution in [3.8, 4) is 0 Å². The Hall–Kier alpha value is -2.58. The molecule has 2 aromatic carbocycles. The maximum atomic E-state index is 13.3. The van der Waals surface area contributed by atoms with E-state index in [0.717, 1.165) is 23.8 Å². The molecule has 0 saturated heterocycles. The van der Waals surface area contributed by atoms with Gasteiger partial charge in [-0.15, -0.1) is 0 Å². The third-order valence-corrected chi connectivity index (χ3v) is 7.55. The third-order valence-electron chi connectivity index (χ3n) is 6.00. The molecular formula is C26H36ClN3O4S. The first-order valence-electron chi connectivity index (χ1n) is 11.8. The molecule has 192 valence electrons. The van der Waals surface area contributed by atoms with Crippen molar-refractivity contribution >= 4 is 39.1 Å². The summed E-state index contributed by atoms with van der Waals surface area (Å²) in [5.41, 5.74) is 2.17. The van der Waals surface area contributed by atoms with Crippen LogP contribution in [0.1, 0.15) is 51.2 Å². The molecule has 0 heterocycles. The SMILES string of the molecule is CC[C@H](C)NC(=O)[C@H](C)N(Cc1ccccc1Cl)C(=O)CCCN(c1ccccc1C)S(C)(=O)=O. The number of carbonyl (C=O) groups excluding carboxylic acids is 2. The zero-order chi connectivity index (χ0) is 26.2. The number of nitrogens with one attached hydrogen (secondary N) is 1. The van der Waals surface area contributed by atoms with Gasteiger partial charge in [0, 0.05) is 30.6 Å². The fourth-order valence-corrected chi connectivity index (χ4v) is 4.90. The Morgan fingerprint density at radius 2 is 1.69 bits per heavy atom. The number of hydrogen-bond acceptors (Lipinski definition) is 4. The van der Waals surface area contributed by atoms with Crippen LogP contribution < -0.4 is 9.62 Å². The molecule has 2 atom stereocenters. The van der Waals surface area contributed by atoms with Gasteiger partial charge in [-0.05, 0) is 56.9 Å². The molecule has 2 rings (SSSR count). The molecule has 0 aliphatic rings. The molecule has 35 heavy (non-hydrogen) atoms. The van der Waals surface area contributed by atoms with Crippen LogP contribution in [0, 0.1) is 6.92 Å². The van der Waals surface area contributed by atoms with Gasteiger partial charge in [0.05, 0.1) is 11.9 Å².